The molecule has 23 heavy (non-hydrogen) atoms. The van der Waals surface area contributed by atoms with Gasteiger partial charge in [0.1, 0.15) is 6.10 Å². The van der Waals surface area contributed by atoms with E-state index in [1.807, 2.05) is 6.07 Å². The van der Waals surface area contributed by atoms with Crippen molar-refractivity contribution < 1.29 is 24.2 Å². The van der Waals surface area contributed by atoms with Crippen LogP contribution in [-0.4, -0.2) is 35.9 Å². The quantitative estimate of drug-likeness (QED) is 0.667. The summed E-state index contributed by atoms with van der Waals surface area (Å²) in [6, 6.07) is 8.71. The second-order valence-corrected chi connectivity index (χ2v) is 5.94. The molecule has 1 saturated carbocycles. The normalized spacial score (nSPS) is 23.8. The minimum Gasteiger partial charge on any atom is -0.462 e. The smallest absolute Gasteiger partial charge is 0.338 e. The van der Waals surface area contributed by atoms with Crippen molar-refractivity contribution in [2.24, 2.45) is 5.92 Å². The fourth-order valence-corrected chi connectivity index (χ4v) is 2.59. The number of carbonyl (C=O) groups is 2. The van der Waals surface area contributed by atoms with Gasteiger partial charge in [-0.1, -0.05) is 24.8 Å². The Bertz CT molecular complexity index is 566. The van der Waals surface area contributed by atoms with Crippen molar-refractivity contribution in [1.29, 1.82) is 0 Å². The van der Waals surface area contributed by atoms with E-state index in [1.165, 1.54) is 0 Å². The molecule has 0 saturated heterocycles. The van der Waals surface area contributed by atoms with Crippen LogP contribution in [0.2, 0.25) is 0 Å². The molecule has 1 aromatic carbocycles. The second-order valence-electron chi connectivity index (χ2n) is 5.94. The van der Waals surface area contributed by atoms with Gasteiger partial charge in [-0.15, -0.1) is 0 Å². The third-order valence-corrected chi connectivity index (χ3v) is 3.93. The predicted octanol–water partition coefficient (Wildman–Crippen LogP) is 2.49. The van der Waals surface area contributed by atoms with Crippen LogP contribution in [0.5, 0.6) is 0 Å². The van der Waals surface area contributed by atoms with Crippen LogP contribution in [-0.2, 0) is 14.3 Å². The van der Waals surface area contributed by atoms with E-state index >= 15 is 0 Å². The fourth-order valence-electron chi connectivity index (χ4n) is 2.59. The van der Waals surface area contributed by atoms with Gasteiger partial charge in [-0.25, -0.2) is 9.59 Å². The Morgan fingerprint density at radius 2 is 1.96 bits per heavy atom. The zero-order valence-corrected chi connectivity index (χ0v) is 13.2. The lowest BCUT2D eigenvalue weighted by Crippen LogP contribution is -2.38. The lowest BCUT2D eigenvalue weighted by molar-refractivity contribution is -0.141. The summed E-state index contributed by atoms with van der Waals surface area (Å²) < 4.78 is 10.5. The maximum atomic E-state index is 12.0. The molecule has 0 aliphatic heterocycles. The Labute approximate surface area is 135 Å². The number of rotatable bonds is 5. The van der Waals surface area contributed by atoms with Crippen LogP contribution in [0.3, 0.4) is 0 Å². The van der Waals surface area contributed by atoms with Gasteiger partial charge in [0.05, 0.1) is 18.3 Å². The van der Waals surface area contributed by atoms with Crippen molar-refractivity contribution in [3.63, 3.8) is 0 Å². The van der Waals surface area contributed by atoms with E-state index in [0.29, 0.717) is 24.0 Å². The molecule has 5 heteroatoms. The number of esters is 2. The van der Waals surface area contributed by atoms with Crippen LogP contribution in [0.1, 0.15) is 36.5 Å². The number of aliphatic hydroxyl groups excluding tert-OH is 1. The SMILES string of the molecule is C=C(C)C(=O)OCC1CCC(OC(=O)c2ccccc2)C(O)C1. The van der Waals surface area contributed by atoms with Crippen molar-refractivity contribution >= 4 is 11.9 Å². The molecule has 1 aliphatic carbocycles. The summed E-state index contributed by atoms with van der Waals surface area (Å²) in [5, 5.41) is 10.2. The summed E-state index contributed by atoms with van der Waals surface area (Å²) in [7, 11) is 0. The lowest BCUT2D eigenvalue weighted by atomic mass is 9.85. The standard InChI is InChI=1S/C18H22O5/c1-12(2)17(20)22-11-13-8-9-16(15(19)10-13)23-18(21)14-6-4-3-5-7-14/h3-7,13,15-16,19H,1,8-11H2,2H3. The number of ether oxygens (including phenoxy) is 2. The molecule has 0 spiro atoms. The molecule has 1 aromatic rings. The highest BCUT2D eigenvalue weighted by Crippen LogP contribution is 2.27. The molecular weight excluding hydrogens is 296 g/mol. The highest BCUT2D eigenvalue weighted by molar-refractivity contribution is 5.89. The van der Waals surface area contributed by atoms with Crippen molar-refractivity contribution in [2.75, 3.05) is 6.61 Å². The van der Waals surface area contributed by atoms with E-state index in [2.05, 4.69) is 6.58 Å². The van der Waals surface area contributed by atoms with Gasteiger partial charge in [0, 0.05) is 5.57 Å². The van der Waals surface area contributed by atoms with Gasteiger partial charge in [-0.3, -0.25) is 0 Å². The van der Waals surface area contributed by atoms with Crippen molar-refractivity contribution in [3.05, 3.63) is 48.0 Å². The van der Waals surface area contributed by atoms with Crippen LogP contribution in [0.4, 0.5) is 0 Å². The molecule has 0 radical (unpaired) electrons. The van der Waals surface area contributed by atoms with E-state index in [1.54, 1.807) is 31.2 Å². The molecule has 2 rings (SSSR count). The third kappa shape index (κ3) is 4.93. The first-order valence-corrected chi connectivity index (χ1v) is 7.74. The average molecular weight is 318 g/mol. The van der Waals surface area contributed by atoms with Crippen molar-refractivity contribution in [1.82, 2.24) is 0 Å². The van der Waals surface area contributed by atoms with Crippen LogP contribution in [0.25, 0.3) is 0 Å². The van der Waals surface area contributed by atoms with E-state index in [9.17, 15) is 14.7 Å². The summed E-state index contributed by atoms with van der Waals surface area (Å²) in [5.74, 6) is -0.779. The minimum atomic E-state index is -0.745. The van der Waals surface area contributed by atoms with Crippen LogP contribution < -0.4 is 0 Å². The van der Waals surface area contributed by atoms with Gasteiger partial charge in [0.15, 0.2) is 0 Å². The molecule has 3 unspecified atom stereocenters. The summed E-state index contributed by atoms with van der Waals surface area (Å²) in [4.78, 5) is 23.4. The molecule has 0 amide bonds. The first-order valence-electron chi connectivity index (χ1n) is 7.74. The number of hydrogen-bond acceptors (Lipinski definition) is 5. The monoisotopic (exact) mass is 318 g/mol. The second kappa shape index (κ2) is 7.92. The van der Waals surface area contributed by atoms with Gasteiger partial charge in [0.2, 0.25) is 0 Å². The molecule has 1 N–H and O–H groups in total. The van der Waals surface area contributed by atoms with E-state index in [-0.39, 0.29) is 12.5 Å². The molecular formula is C18H22O5. The first kappa shape index (κ1) is 17.2. The molecule has 1 fully saturated rings. The largest absolute Gasteiger partial charge is 0.462 e. The van der Waals surface area contributed by atoms with Gasteiger partial charge in [0.25, 0.3) is 0 Å². The van der Waals surface area contributed by atoms with Gasteiger partial charge in [-0.05, 0) is 44.2 Å². The Morgan fingerprint density at radius 3 is 2.57 bits per heavy atom. The predicted molar refractivity (Wildman–Crippen MR) is 84.8 cm³/mol. The van der Waals surface area contributed by atoms with Crippen LogP contribution in [0, 0.1) is 5.92 Å². The van der Waals surface area contributed by atoms with E-state index in [4.69, 9.17) is 9.47 Å². The molecule has 5 nitrogen and oxygen atoms in total. The van der Waals surface area contributed by atoms with Gasteiger partial charge >= 0.3 is 11.9 Å². The van der Waals surface area contributed by atoms with Crippen LogP contribution >= 0.6 is 0 Å². The summed E-state index contributed by atoms with van der Waals surface area (Å²) in [5.41, 5.74) is 0.827. The fraction of sp³-hybridized carbons (Fsp3) is 0.444. The minimum absolute atomic E-state index is 0.0694. The summed E-state index contributed by atoms with van der Waals surface area (Å²) in [6.45, 7) is 5.37. The first-order chi connectivity index (χ1) is 11.0. The topological polar surface area (TPSA) is 72.8 Å². The highest BCUT2D eigenvalue weighted by Gasteiger charge is 2.32. The average Bonchev–Trinajstić information content (AvgIpc) is 2.55. The maximum absolute atomic E-state index is 12.0. The maximum Gasteiger partial charge on any atom is 0.338 e. The summed E-state index contributed by atoms with van der Waals surface area (Å²) >= 11 is 0. The molecule has 1 aliphatic rings. The Hall–Kier alpha value is -2.14. The van der Waals surface area contributed by atoms with Crippen molar-refractivity contribution in [3.8, 4) is 0 Å². The zero-order chi connectivity index (χ0) is 16.8. The zero-order valence-electron chi connectivity index (χ0n) is 13.2. The third-order valence-electron chi connectivity index (χ3n) is 3.93. The molecule has 0 heterocycles. The number of hydrogen-bond donors (Lipinski definition) is 1. The molecule has 3 atom stereocenters. The molecule has 0 bridgehead atoms. The van der Waals surface area contributed by atoms with Gasteiger partial charge < -0.3 is 14.6 Å². The number of carbonyl (C=O) groups excluding carboxylic acids is 2. The van der Waals surface area contributed by atoms with Crippen molar-refractivity contribution in [2.45, 2.75) is 38.4 Å². The highest BCUT2D eigenvalue weighted by atomic mass is 16.6. The summed E-state index contributed by atoms with van der Waals surface area (Å²) in [6.07, 6.45) is 0.458. The number of benzene rings is 1. The Balaban J connectivity index is 1.81. The Kier molecular flexibility index (Phi) is 5.93. The van der Waals surface area contributed by atoms with E-state index in [0.717, 1.165) is 6.42 Å². The Morgan fingerprint density at radius 1 is 1.26 bits per heavy atom. The molecule has 124 valence electrons. The number of aliphatic hydroxyl groups is 1. The van der Waals surface area contributed by atoms with Crippen LogP contribution in [0.15, 0.2) is 42.5 Å². The van der Waals surface area contributed by atoms with E-state index < -0.39 is 24.1 Å². The van der Waals surface area contributed by atoms with Gasteiger partial charge in [-0.2, -0.15) is 0 Å². The lowest BCUT2D eigenvalue weighted by Gasteiger charge is -2.32. The molecule has 0 aromatic heterocycles.